The Balaban J connectivity index is 2.17. The number of aromatic carboxylic acids is 1. The Morgan fingerprint density at radius 3 is 2.71 bits per heavy atom. The molecule has 2 N–H and O–H groups in total. The van der Waals surface area contributed by atoms with Crippen LogP contribution in [0.15, 0.2) is 40.9 Å². The molecule has 6 heteroatoms. The zero-order chi connectivity index (χ0) is 15.4. The number of hydrogen-bond acceptors (Lipinski definition) is 3. The molecule has 21 heavy (non-hydrogen) atoms. The summed E-state index contributed by atoms with van der Waals surface area (Å²) in [6.07, 6.45) is 0. The van der Waals surface area contributed by atoms with Crippen molar-refractivity contribution in [3.63, 3.8) is 0 Å². The third kappa shape index (κ3) is 3.58. The van der Waals surface area contributed by atoms with Crippen LogP contribution in [0.5, 0.6) is 0 Å². The lowest BCUT2D eigenvalue weighted by molar-refractivity contribution is 0.0692. The van der Waals surface area contributed by atoms with Crippen molar-refractivity contribution in [2.45, 2.75) is 6.54 Å². The molecular formula is C15H10BrFN2O2. The number of benzene rings is 2. The lowest BCUT2D eigenvalue weighted by Crippen LogP contribution is -2.05. The number of hydrogen-bond donors (Lipinski definition) is 2. The maximum absolute atomic E-state index is 13.6. The fourth-order valence-corrected chi connectivity index (χ4v) is 2.16. The standard InChI is InChI=1S/C15H10BrFN2O2/c16-11-3-2-10(7-18)14(6-11)19-8-9-1-4-12(15(20)21)13(17)5-9/h1-6,19H,8H2,(H,20,21). The summed E-state index contributed by atoms with van der Waals surface area (Å²) in [7, 11) is 0. The third-order valence-corrected chi connectivity index (χ3v) is 3.34. The molecule has 0 atom stereocenters. The number of carboxylic acid groups (broad SMARTS) is 1. The predicted octanol–water partition coefficient (Wildman–Crippen LogP) is 3.77. The van der Waals surface area contributed by atoms with Gasteiger partial charge in [-0.15, -0.1) is 0 Å². The SMILES string of the molecule is N#Cc1ccc(Br)cc1NCc1ccc(C(=O)O)c(F)c1. The fraction of sp³-hybridized carbons (Fsp3) is 0.0667. The van der Waals surface area contributed by atoms with Gasteiger partial charge in [-0.25, -0.2) is 9.18 Å². The van der Waals surface area contributed by atoms with Crippen LogP contribution in [0.3, 0.4) is 0 Å². The Kier molecular flexibility index (Phi) is 4.55. The van der Waals surface area contributed by atoms with Crippen molar-refractivity contribution >= 4 is 27.6 Å². The molecule has 0 radical (unpaired) electrons. The summed E-state index contributed by atoms with van der Waals surface area (Å²) in [6.45, 7) is 0.280. The van der Waals surface area contributed by atoms with Crippen molar-refractivity contribution in [3.05, 3.63) is 63.4 Å². The molecule has 0 unspecified atom stereocenters. The molecule has 0 saturated carbocycles. The summed E-state index contributed by atoms with van der Waals surface area (Å²) < 4.78 is 14.4. The van der Waals surface area contributed by atoms with Crippen LogP contribution in [0.1, 0.15) is 21.5 Å². The summed E-state index contributed by atoms with van der Waals surface area (Å²) in [4.78, 5) is 10.7. The van der Waals surface area contributed by atoms with Crippen molar-refractivity contribution in [1.82, 2.24) is 0 Å². The number of nitrogens with one attached hydrogen (secondary N) is 1. The van der Waals surface area contributed by atoms with E-state index < -0.39 is 11.8 Å². The van der Waals surface area contributed by atoms with Gasteiger partial charge in [0.1, 0.15) is 11.9 Å². The molecule has 0 aliphatic rings. The van der Waals surface area contributed by atoms with Gasteiger partial charge in [0.25, 0.3) is 0 Å². The van der Waals surface area contributed by atoms with Gasteiger partial charge in [-0.3, -0.25) is 0 Å². The molecule has 0 amide bonds. The van der Waals surface area contributed by atoms with Gasteiger partial charge in [-0.05, 0) is 35.9 Å². The number of anilines is 1. The molecular weight excluding hydrogens is 339 g/mol. The highest BCUT2D eigenvalue weighted by Gasteiger charge is 2.10. The van der Waals surface area contributed by atoms with Gasteiger partial charge in [0, 0.05) is 11.0 Å². The molecule has 2 aromatic carbocycles. The van der Waals surface area contributed by atoms with Crippen LogP contribution >= 0.6 is 15.9 Å². The van der Waals surface area contributed by atoms with E-state index in [0.29, 0.717) is 16.8 Å². The van der Waals surface area contributed by atoms with E-state index in [0.717, 1.165) is 4.47 Å². The van der Waals surface area contributed by atoms with Gasteiger partial charge in [-0.2, -0.15) is 5.26 Å². The number of carbonyl (C=O) groups is 1. The molecule has 0 spiro atoms. The first-order chi connectivity index (χ1) is 10.0. The molecule has 2 aromatic rings. The lowest BCUT2D eigenvalue weighted by atomic mass is 10.1. The molecule has 0 fully saturated rings. The van der Waals surface area contributed by atoms with Gasteiger partial charge < -0.3 is 10.4 Å². The van der Waals surface area contributed by atoms with Gasteiger partial charge >= 0.3 is 5.97 Å². The van der Waals surface area contributed by atoms with E-state index in [9.17, 15) is 9.18 Å². The topological polar surface area (TPSA) is 73.1 Å². The Labute approximate surface area is 129 Å². The Morgan fingerprint density at radius 2 is 2.10 bits per heavy atom. The molecule has 4 nitrogen and oxygen atoms in total. The monoisotopic (exact) mass is 348 g/mol. The summed E-state index contributed by atoms with van der Waals surface area (Å²) in [6, 6.07) is 11.2. The van der Waals surface area contributed by atoms with Crippen LogP contribution in [0.4, 0.5) is 10.1 Å². The van der Waals surface area contributed by atoms with Gasteiger partial charge in [0.15, 0.2) is 0 Å². The quantitative estimate of drug-likeness (QED) is 0.881. The molecule has 0 aliphatic carbocycles. The van der Waals surface area contributed by atoms with Gasteiger partial charge in [0.05, 0.1) is 16.8 Å². The van der Waals surface area contributed by atoms with Crippen LogP contribution in [0, 0.1) is 17.1 Å². The number of nitriles is 1. The van der Waals surface area contributed by atoms with E-state index >= 15 is 0 Å². The molecule has 106 valence electrons. The first-order valence-electron chi connectivity index (χ1n) is 5.96. The largest absolute Gasteiger partial charge is 0.478 e. The predicted molar refractivity (Wildman–Crippen MR) is 79.5 cm³/mol. The second kappa shape index (κ2) is 6.37. The van der Waals surface area contributed by atoms with Crippen LogP contribution in [-0.2, 0) is 6.54 Å². The molecule has 0 aromatic heterocycles. The maximum Gasteiger partial charge on any atom is 0.338 e. The maximum atomic E-state index is 13.6. The van der Waals surface area contributed by atoms with Crippen molar-refractivity contribution < 1.29 is 14.3 Å². The normalized spacial score (nSPS) is 9.95. The first kappa shape index (κ1) is 15.0. The summed E-state index contributed by atoms with van der Waals surface area (Å²) >= 11 is 3.31. The zero-order valence-corrected chi connectivity index (χ0v) is 12.3. The van der Waals surface area contributed by atoms with Gasteiger partial charge in [0.2, 0.25) is 0 Å². The second-order valence-electron chi connectivity index (χ2n) is 4.27. The van der Waals surface area contributed by atoms with Crippen molar-refractivity contribution in [2.75, 3.05) is 5.32 Å². The van der Waals surface area contributed by atoms with E-state index in [4.69, 9.17) is 10.4 Å². The number of carboxylic acids is 1. The average Bonchev–Trinajstić information content (AvgIpc) is 2.45. The molecule has 0 aliphatic heterocycles. The van der Waals surface area contributed by atoms with Crippen LogP contribution in [0.2, 0.25) is 0 Å². The Hall–Kier alpha value is -2.39. The van der Waals surface area contributed by atoms with Gasteiger partial charge in [-0.1, -0.05) is 22.0 Å². The Bertz CT molecular complexity index is 741. The summed E-state index contributed by atoms with van der Waals surface area (Å²) in [5.74, 6) is -2.08. The minimum Gasteiger partial charge on any atom is -0.478 e. The fourth-order valence-electron chi connectivity index (χ4n) is 1.80. The van der Waals surface area contributed by atoms with Crippen molar-refractivity contribution in [1.29, 1.82) is 5.26 Å². The molecule has 0 heterocycles. The minimum atomic E-state index is -1.30. The highest BCUT2D eigenvalue weighted by molar-refractivity contribution is 9.10. The van der Waals surface area contributed by atoms with Crippen molar-refractivity contribution in [3.8, 4) is 6.07 Å². The first-order valence-corrected chi connectivity index (χ1v) is 6.76. The molecule has 0 saturated heterocycles. The second-order valence-corrected chi connectivity index (χ2v) is 5.19. The highest BCUT2D eigenvalue weighted by atomic mass is 79.9. The molecule has 2 rings (SSSR count). The van der Waals surface area contributed by atoms with E-state index in [1.807, 2.05) is 0 Å². The van der Waals surface area contributed by atoms with Crippen LogP contribution < -0.4 is 5.32 Å². The lowest BCUT2D eigenvalue weighted by Gasteiger charge is -2.09. The zero-order valence-electron chi connectivity index (χ0n) is 10.7. The van der Waals surface area contributed by atoms with E-state index in [1.54, 1.807) is 18.2 Å². The highest BCUT2D eigenvalue weighted by Crippen LogP contribution is 2.21. The van der Waals surface area contributed by atoms with Crippen LogP contribution in [0.25, 0.3) is 0 Å². The summed E-state index contributed by atoms with van der Waals surface area (Å²) in [5, 5.41) is 20.8. The Morgan fingerprint density at radius 1 is 1.33 bits per heavy atom. The number of halogens is 2. The van der Waals surface area contributed by atoms with E-state index in [-0.39, 0.29) is 12.1 Å². The smallest absolute Gasteiger partial charge is 0.338 e. The molecule has 0 bridgehead atoms. The van der Waals surface area contributed by atoms with E-state index in [1.165, 1.54) is 18.2 Å². The average molecular weight is 349 g/mol. The minimum absolute atomic E-state index is 0.280. The third-order valence-electron chi connectivity index (χ3n) is 2.85. The van der Waals surface area contributed by atoms with Crippen molar-refractivity contribution in [2.24, 2.45) is 0 Å². The van der Waals surface area contributed by atoms with Crippen LogP contribution in [-0.4, -0.2) is 11.1 Å². The number of nitrogens with zero attached hydrogens (tertiary/aromatic N) is 1. The summed E-state index contributed by atoms with van der Waals surface area (Å²) in [5.41, 5.74) is 1.32. The number of rotatable bonds is 4. The van der Waals surface area contributed by atoms with E-state index in [2.05, 4.69) is 27.3 Å².